The number of thiazole rings is 1. The molecule has 2 aromatic heterocycles. The molecule has 1 aromatic carbocycles. The fourth-order valence-electron chi connectivity index (χ4n) is 1.81. The lowest BCUT2D eigenvalue weighted by molar-refractivity contribution is 0.0697. The van der Waals surface area contributed by atoms with E-state index in [9.17, 15) is 4.79 Å². The molecular weight excluding hydrogens is 250 g/mol. The molecule has 1 N–H and O–H groups in total. The van der Waals surface area contributed by atoms with Gasteiger partial charge in [-0.05, 0) is 18.2 Å². The topological polar surface area (TPSA) is 68.0 Å². The Morgan fingerprint density at radius 1 is 1.39 bits per heavy atom. The van der Waals surface area contributed by atoms with Crippen molar-refractivity contribution < 1.29 is 9.90 Å². The monoisotopic (exact) mass is 259 g/mol. The third-order valence-electron chi connectivity index (χ3n) is 2.68. The summed E-state index contributed by atoms with van der Waals surface area (Å²) in [4.78, 5) is 19.3. The smallest absolute Gasteiger partial charge is 0.335 e. The van der Waals surface area contributed by atoms with Gasteiger partial charge >= 0.3 is 5.97 Å². The minimum absolute atomic E-state index is 0.251. The van der Waals surface area contributed by atoms with Gasteiger partial charge in [0.1, 0.15) is 0 Å². The molecule has 0 fully saturated rings. The van der Waals surface area contributed by atoms with Gasteiger partial charge < -0.3 is 9.67 Å². The summed E-state index contributed by atoms with van der Waals surface area (Å²) in [5.74, 6) is -0.939. The summed E-state index contributed by atoms with van der Waals surface area (Å²) in [5.41, 5.74) is 4.61. The van der Waals surface area contributed by atoms with Crippen LogP contribution in [0.3, 0.4) is 0 Å². The molecule has 0 saturated heterocycles. The van der Waals surface area contributed by atoms with E-state index in [1.165, 1.54) is 0 Å². The summed E-state index contributed by atoms with van der Waals surface area (Å²) in [6.45, 7) is 0.645. The normalized spacial score (nSPS) is 10.9. The van der Waals surface area contributed by atoms with Gasteiger partial charge in [0.05, 0.1) is 40.7 Å². The summed E-state index contributed by atoms with van der Waals surface area (Å²) < 4.78 is 1.95. The van der Waals surface area contributed by atoms with E-state index in [1.807, 2.05) is 9.95 Å². The Bertz CT molecular complexity index is 703. The van der Waals surface area contributed by atoms with Gasteiger partial charge in [-0.15, -0.1) is 11.3 Å². The van der Waals surface area contributed by atoms with E-state index in [-0.39, 0.29) is 5.56 Å². The fraction of sp³-hybridized carbons (Fsp3) is 0.0833. The van der Waals surface area contributed by atoms with Crippen LogP contribution in [0.15, 0.2) is 35.4 Å². The molecule has 0 bridgehead atoms. The number of nitrogens with zero attached hydrogens (tertiary/aromatic N) is 3. The Hall–Kier alpha value is -2.21. The van der Waals surface area contributed by atoms with Crippen LogP contribution in [-0.2, 0) is 6.54 Å². The van der Waals surface area contributed by atoms with Crippen molar-refractivity contribution in [2.75, 3.05) is 0 Å². The average molecular weight is 259 g/mol. The number of fused-ring (bicyclic) bond motifs is 1. The van der Waals surface area contributed by atoms with Crippen molar-refractivity contribution >= 4 is 28.3 Å². The van der Waals surface area contributed by atoms with Crippen LogP contribution in [0.4, 0.5) is 0 Å². The molecular formula is C12H9N3O2S. The van der Waals surface area contributed by atoms with Crippen LogP contribution in [0.1, 0.15) is 16.1 Å². The summed E-state index contributed by atoms with van der Waals surface area (Å²) >= 11 is 1.55. The van der Waals surface area contributed by atoms with Crippen molar-refractivity contribution in [3.63, 3.8) is 0 Å². The molecule has 18 heavy (non-hydrogen) atoms. The van der Waals surface area contributed by atoms with Crippen molar-refractivity contribution in [2.24, 2.45) is 0 Å². The number of hydrogen-bond acceptors (Lipinski definition) is 4. The van der Waals surface area contributed by atoms with Gasteiger partial charge in [-0.3, -0.25) is 0 Å². The van der Waals surface area contributed by atoms with E-state index < -0.39 is 5.97 Å². The molecule has 0 unspecified atom stereocenters. The summed E-state index contributed by atoms with van der Waals surface area (Å²) in [5, 5.41) is 10.9. The highest BCUT2D eigenvalue weighted by Crippen LogP contribution is 2.16. The number of carbonyl (C=O) groups is 1. The van der Waals surface area contributed by atoms with Crippen LogP contribution in [-0.4, -0.2) is 25.6 Å². The number of hydrogen-bond donors (Lipinski definition) is 1. The van der Waals surface area contributed by atoms with Crippen molar-refractivity contribution in [1.29, 1.82) is 0 Å². The molecule has 90 valence electrons. The summed E-state index contributed by atoms with van der Waals surface area (Å²) in [6, 6.07) is 4.94. The van der Waals surface area contributed by atoms with Crippen molar-refractivity contribution in [2.45, 2.75) is 6.54 Å². The van der Waals surface area contributed by atoms with Crippen LogP contribution in [0.5, 0.6) is 0 Å². The minimum Gasteiger partial charge on any atom is -0.478 e. The summed E-state index contributed by atoms with van der Waals surface area (Å²) in [6.07, 6.45) is 1.70. The molecule has 2 heterocycles. The first-order valence-electron chi connectivity index (χ1n) is 5.29. The standard InChI is InChI=1S/C12H9N3O2S/c16-12(17)8-1-2-11-10(3-8)13-6-15(11)4-9-5-18-7-14-9/h1-3,5-7H,4H2,(H,16,17). The maximum atomic E-state index is 10.9. The maximum Gasteiger partial charge on any atom is 0.335 e. The van der Waals surface area contributed by atoms with Crippen LogP contribution < -0.4 is 0 Å². The molecule has 0 radical (unpaired) electrons. The lowest BCUT2D eigenvalue weighted by Gasteiger charge is -2.01. The highest BCUT2D eigenvalue weighted by molar-refractivity contribution is 7.07. The number of aromatic nitrogens is 3. The van der Waals surface area contributed by atoms with Crippen LogP contribution in [0.2, 0.25) is 0 Å². The second kappa shape index (κ2) is 4.23. The SMILES string of the molecule is O=C(O)c1ccc2c(c1)ncn2Cc1cscn1. The molecule has 5 nitrogen and oxygen atoms in total. The zero-order chi connectivity index (χ0) is 12.5. The highest BCUT2D eigenvalue weighted by atomic mass is 32.1. The average Bonchev–Trinajstić information content (AvgIpc) is 2.99. The lowest BCUT2D eigenvalue weighted by Crippen LogP contribution is -1.99. The van der Waals surface area contributed by atoms with E-state index in [0.29, 0.717) is 12.1 Å². The first kappa shape index (κ1) is 10.9. The number of carboxylic acids is 1. The van der Waals surface area contributed by atoms with E-state index in [1.54, 1.807) is 41.4 Å². The van der Waals surface area contributed by atoms with Gasteiger partial charge in [0.2, 0.25) is 0 Å². The molecule has 0 atom stereocenters. The Balaban J connectivity index is 2.02. The Kier molecular flexibility index (Phi) is 2.56. The van der Waals surface area contributed by atoms with Gasteiger partial charge in [-0.25, -0.2) is 14.8 Å². The molecule has 0 saturated carbocycles. The third kappa shape index (κ3) is 1.86. The highest BCUT2D eigenvalue weighted by Gasteiger charge is 2.08. The number of rotatable bonds is 3. The van der Waals surface area contributed by atoms with Crippen molar-refractivity contribution in [3.8, 4) is 0 Å². The molecule has 0 aliphatic carbocycles. The number of aromatic carboxylic acids is 1. The third-order valence-corrected chi connectivity index (χ3v) is 3.32. The van der Waals surface area contributed by atoms with Crippen LogP contribution >= 0.6 is 11.3 Å². The minimum atomic E-state index is -0.939. The van der Waals surface area contributed by atoms with Gasteiger partial charge in [0, 0.05) is 5.38 Å². The molecule has 6 heteroatoms. The van der Waals surface area contributed by atoms with E-state index in [0.717, 1.165) is 11.2 Å². The second-order valence-electron chi connectivity index (χ2n) is 3.86. The fourth-order valence-corrected chi connectivity index (χ4v) is 2.36. The zero-order valence-corrected chi connectivity index (χ0v) is 10.1. The second-order valence-corrected chi connectivity index (χ2v) is 4.58. The van der Waals surface area contributed by atoms with Gasteiger partial charge in [0.15, 0.2) is 0 Å². The molecule has 0 amide bonds. The lowest BCUT2D eigenvalue weighted by atomic mass is 10.2. The number of carboxylic acid groups (broad SMARTS) is 1. The number of imidazole rings is 1. The van der Waals surface area contributed by atoms with E-state index in [2.05, 4.69) is 9.97 Å². The Morgan fingerprint density at radius 3 is 3.00 bits per heavy atom. The zero-order valence-electron chi connectivity index (χ0n) is 9.28. The first-order valence-corrected chi connectivity index (χ1v) is 6.23. The van der Waals surface area contributed by atoms with Crippen molar-refractivity contribution in [3.05, 3.63) is 46.7 Å². The molecule has 3 rings (SSSR count). The van der Waals surface area contributed by atoms with E-state index in [4.69, 9.17) is 5.11 Å². The van der Waals surface area contributed by atoms with Gasteiger partial charge in [-0.2, -0.15) is 0 Å². The predicted molar refractivity (Wildman–Crippen MR) is 67.9 cm³/mol. The summed E-state index contributed by atoms with van der Waals surface area (Å²) in [7, 11) is 0. The van der Waals surface area contributed by atoms with Gasteiger partial charge in [-0.1, -0.05) is 0 Å². The predicted octanol–water partition coefficient (Wildman–Crippen LogP) is 2.24. The van der Waals surface area contributed by atoms with Crippen LogP contribution in [0.25, 0.3) is 11.0 Å². The largest absolute Gasteiger partial charge is 0.478 e. The maximum absolute atomic E-state index is 10.9. The first-order chi connectivity index (χ1) is 8.74. The molecule has 0 aliphatic heterocycles. The van der Waals surface area contributed by atoms with Crippen molar-refractivity contribution in [1.82, 2.24) is 14.5 Å². The molecule has 3 aromatic rings. The quantitative estimate of drug-likeness (QED) is 0.783. The number of benzene rings is 1. The van der Waals surface area contributed by atoms with Gasteiger partial charge in [0.25, 0.3) is 0 Å². The molecule has 0 spiro atoms. The van der Waals surface area contributed by atoms with E-state index >= 15 is 0 Å². The van der Waals surface area contributed by atoms with Crippen LogP contribution in [0, 0.1) is 0 Å². The molecule has 0 aliphatic rings. The Labute approximate surface area is 106 Å². The Morgan fingerprint density at radius 2 is 2.28 bits per heavy atom.